The van der Waals surface area contributed by atoms with Crippen LogP contribution < -0.4 is 5.32 Å². The SMILES string of the molecule is CC1(CN2CCNC2=O)CCOCC1. The van der Waals surface area contributed by atoms with E-state index in [1.165, 1.54) is 0 Å². The molecule has 1 N–H and O–H groups in total. The minimum atomic E-state index is 0.0951. The highest BCUT2D eigenvalue weighted by atomic mass is 16.5. The summed E-state index contributed by atoms with van der Waals surface area (Å²) in [5.74, 6) is 0. The van der Waals surface area contributed by atoms with Crippen LogP contribution in [-0.2, 0) is 4.74 Å². The molecule has 0 aromatic rings. The first kappa shape index (κ1) is 9.77. The van der Waals surface area contributed by atoms with Crippen LogP contribution in [0.1, 0.15) is 19.8 Å². The summed E-state index contributed by atoms with van der Waals surface area (Å²) in [6, 6.07) is 0.0951. The quantitative estimate of drug-likeness (QED) is 0.714. The van der Waals surface area contributed by atoms with Crippen LogP contribution in [0.5, 0.6) is 0 Å². The zero-order valence-corrected chi connectivity index (χ0v) is 8.71. The van der Waals surface area contributed by atoms with Crippen LogP contribution in [0.4, 0.5) is 4.79 Å². The van der Waals surface area contributed by atoms with E-state index in [2.05, 4.69) is 12.2 Å². The number of amides is 2. The summed E-state index contributed by atoms with van der Waals surface area (Å²) in [4.78, 5) is 13.3. The molecule has 0 bridgehead atoms. The second kappa shape index (κ2) is 3.77. The van der Waals surface area contributed by atoms with Gasteiger partial charge in [0.05, 0.1) is 0 Å². The van der Waals surface area contributed by atoms with Crippen molar-refractivity contribution in [3.8, 4) is 0 Å². The number of urea groups is 1. The summed E-state index contributed by atoms with van der Waals surface area (Å²) in [5, 5.41) is 2.83. The highest BCUT2D eigenvalue weighted by molar-refractivity contribution is 5.76. The fraction of sp³-hybridized carbons (Fsp3) is 0.900. The molecule has 0 aliphatic carbocycles. The van der Waals surface area contributed by atoms with Gasteiger partial charge in [-0.05, 0) is 18.3 Å². The Morgan fingerprint density at radius 1 is 1.50 bits per heavy atom. The summed E-state index contributed by atoms with van der Waals surface area (Å²) in [7, 11) is 0. The minimum absolute atomic E-state index is 0.0951. The number of carbonyl (C=O) groups excluding carboxylic acids is 1. The number of hydrogen-bond donors (Lipinski definition) is 1. The topological polar surface area (TPSA) is 41.6 Å². The van der Waals surface area contributed by atoms with E-state index >= 15 is 0 Å². The summed E-state index contributed by atoms with van der Waals surface area (Å²) in [5.41, 5.74) is 0.264. The van der Waals surface area contributed by atoms with Gasteiger partial charge in [0, 0.05) is 32.8 Å². The van der Waals surface area contributed by atoms with Crippen LogP contribution in [0.25, 0.3) is 0 Å². The average Bonchev–Trinajstić information content (AvgIpc) is 2.52. The maximum Gasteiger partial charge on any atom is 0.317 e. The highest BCUT2D eigenvalue weighted by Gasteiger charge is 2.32. The van der Waals surface area contributed by atoms with Crippen molar-refractivity contribution in [2.75, 3.05) is 32.8 Å². The molecule has 4 heteroatoms. The van der Waals surface area contributed by atoms with Gasteiger partial charge in [0.1, 0.15) is 0 Å². The Bertz CT molecular complexity index is 224. The molecule has 2 saturated heterocycles. The van der Waals surface area contributed by atoms with Gasteiger partial charge < -0.3 is 15.0 Å². The predicted molar refractivity (Wildman–Crippen MR) is 53.1 cm³/mol. The van der Waals surface area contributed by atoms with Gasteiger partial charge in [-0.3, -0.25) is 0 Å². The third-order valence-corrected chi connectivity index (χ3v) is 3.22. The zero-order chi connectivity index (χ0) is 10.0. The molecule has 0 spiro atoms. The van der Waals surface area contributed by atoms with E-state index in [0.29, 0.717) is 0 Å². The predicted octanol–water partition coefficient (Wildman–Crippen LogP) is 0.828. The van der Waals surface area contributed by atoms with Crippen LogP contribution in [0.3, 0.4) is 0 Å². The first-order valence-corrected chi connectivity index (χ1v) is 5.30. The van der Waals surface area contributed by atoms with Crippen LogP contribution in [0.15, 0.2) is 0 Å². The van der Waals surface area contributed by atoms with Crippen molar-refractivity contribution in [3.63, 3.8) is 0 Å². The number of nitrogens with zero attached hydrogens (tertiary/aromatic N) is 1. The molecule has 0 aromatic heterocycles. The number of carbonyl (C=O) groups is 1. The van der Waals surface area contributed by atoms with Gasteiger partial charge in [0.2, 0.25) is 0 Å². The molecule has 0 radical (unpaired) electrons. The first-order valence-electron chi connectivity index (χ1n) is 5.30. The Kier molecular flexibility index (Phi) is 2.63. The summed E-state index contributed by atoms with van der Waals surface area (Å²) < 4.78 is 5.34. The van der Waals surface area contributed by atoms with Gasteiger partial charge in [-0.15, -0.1) is 0 Å². The van der Waals surface area contributed by atoms with Crippen LogP contribution in [0.2, 0.25) is 0 Å². The first-order chi connectivity index (χ1) is 6.70. The largest absolute Gasteiger partial charge is 0.381 e. The fourth-order valence-corrected chi connectivity index (χ4v) is 2.15. The molecule has 4 nitrogen and oxygen atoms in total. The van der Waals surface area contributed by atoms with Gasteiger partial charge in [-0.25, -0.2) is 4.79 Å². The van der Waals surface area contributed by atoms with Crippen LogP contribution >= 0.6 is 0 Å². The Morgan fingerprint density at radius 3 is 2.79 bits per heavy atom. The third-order valence-electron chi connectivity index (χ3n) is 3.22. The molecular formula is C10H18N2O2. The van der Waals surface area contributed by atoms with E-state index in [4.69, 9.17) is 4.74 Å². The molecule has 0 aromatic carbocycles. The highest BCUT2D eigenvalue weighted by Crippen LogP contribution is 2.30. The van der Waals surface area contributed by atoms with Crippen molar-refractivity contribution in [1.82, 2.24) is 10.2 Å². The minimum Gasteiger partial charge on any atom is -0.381 e. The molecule has 0 saturated carbocycles. The lowest BCUT2D eigenvalue weighted by atomic mass is 9.82. The van der Waals surface area contributed by atoms with E-state index in [1.807, 2.05) is 4.90 Å². The number of hydrogen-bond acceptors (Lipinski definition) is 2. The second-order valence-corrected chi connectivity index (χ2v) is 4.58. The maximum atomic E-state index is 11.4. The van der Waals surface area contributed by atoms with Crippen molar-refractivity contribution < 1.29 is 9.53 Å². The fourth-order valence-electron chi connectivity index (χ4n) is 2.15. The van der Waals surface area contributed by atoms with Gasteiger partial charge in [0.25, 0.3) is 0 Å². The normalized spacial score (nSPS) is 26.4. The molecule has 0 unspecified atom stereocenters. The third kappa shape index (κ3) is 2.00. The second-order valence-electron chi connectivity index (χ2n) is 4.58. The maximum absolute atomic E-state index is 11.4. The molecule has 80 valence electrons. The molecular weight excluding hydrogens is 180 g/mol. The van der Waals surface area contributed by atoms with Crippen molar-refractivity contribution in [3.05, 3.63) is 0 Å². The average molecular weight is 198 g/mol. The Hall–Kier alpha value is -0.770. The van der Waals surface area contributed by atoms with E-state index < -0.39 is 0 Å². The van der Waals surface area contributed by atoms with Crippen molar-refractivity contribution in [2.24, 2.45) is 5.41 Å². The zero-order valence-electron chi connectivity index (χ0n) is 8.71. The lowest BCUT2D eigenvalue weighted by molar-refractivity contribution is 0.0129. The number of ether oxygens (including phenoxy) is 1. The summed E-state index contributed by atoms with van der Waals surface area (Å²) in [6.07, 6.45) is 2.13. The Labute approximate surface area is 84.6 Å². The Balaban J connectivity index is 1.91. The van der Waals surface area contributed by atoms with E-state index in [0.717, 1.165) is 45.7 Å². The molecule has 0 atom stereocenters. The van der Waals surface area contributed by atoms with E-state index in [-0.39, 0.29) is 11.4 Å². The lowest BCUT2D eigenvalue weighted by Gasteiger charge is -2.36. The Morgan fingerprint density at radius 2 is 2.21 bits per heavy atom. The number of nitrogens with one attached hydrogen (secondary N) is 1. The van der Waals surface area contributed by atoms with Crippen molar-refractivity contribution in [2.45, 2.75) is 19.8 Å². The molecule has 2 fully saturated rings. The molecule has 14 heavy (non-hydrogen) atoms. The van der Waals surface area contributed by atoms with Gasteiger partial charge in [-0.2, -0.15) is 0 Å². The van der Waals surface area contributed by atoms with Crippen molar-refractivity contribution in [1.29, 1.82) is 0 Å². The van der Waals surface area contributed by atoms with E-state index in [1.54, 1.807) is 0 Å². The van der Waals surface area contributed by atoms with Crippen molar-refractivity contribution >= 4 is 6.03 Å². The lowest BCUT2D eigenvalue weighted by Crippen LogP contribution is -2.41. The molecule has 2 rings (SSSR count). The molecule has 2 heterocycles. The molecule has 2 amide bonds. The monoisotopic (exact) mass is 198 g/mol. The number of rotatable bonds is 2. The van der Waals surface area contributed by atoms with Gasteiger partial charge in [0.15, 0.2) is 0 Å². The summed E-state index contributed by atoms with van der Waals surface area (Å²) in [6.45, 7) is 6.46. The van der Waals surface area contributed by atoms with E-state index in [9.17, 15) is 4.79 Å². The smallest absolute Gasteiger partial charge is 0.317 e. The van der Waals surface area contributed by atoms with Gasteiger partial charge in [-0.1, -0.05) is 6.92 Å². The molecule has 2 aliphatic rings. The van der Waals surface area contributed by atoms with Crippen LogP contribution in [0, 0.1) is 5.41 Å². The molecule has 2 aliphatic heterocycles. The standard InChI is InChI=1S/C10H18N2O2/c1-10(2-6-14-7-3-10)8-12-5-4-11-9(12)13/h2-8H2,1H3,(H,11,13). The van der Waals surface area contributed by atoms with Gasteiger partial charge >= 0.3 is 6.03 Å². The summed E-state index contributed by atoms with van der Waals surface area (Å²) >= 11 is 0. The van der Waals surface area contributed by atoms with Crippen LogP contribution in [-0.4, -0.2) is 43.8 Å².